The van der Waals surface area contributed by atoms with Gasteiger partial charge in [-0.05, 0) is 31.2 Å². The van der Waals surface area contributed by atoms with Gasteiger partial charge in [-0.1, -0.05) is 23.2 Å². The van der Waals surface area contributed by atoms with Gasteiger partial charge in [0, 0.05) is 11.3 Å². The topological polar surface area (TPSA) is 35.2 Å². The molecule has 76 valence electrons. The standard InChI is InChI=1S/C10H11Cl2NO/c1-2-14-8-3-4-9(13)7(5-8)6-10(11)12/h3-6H,2,13H2,1H3. The maximum absolute atomic E-state index is 5.72. The van der Waals surface area contributed by atoms with Crippen LogP contribution in [0.4, 0.5) is 5.69 Å². The highest BCUT2D eigenvalue weighted by molar-refractivity contribution is 6.57. The molecule has 1 rings (SSSR count). The van der Waals surface area contributed by atoms with Gasteiger partial charge in [0.15, 0.2) is 0 Å². The number of rotatable bonds is 3. The average Bonchev–Trinajstić information content (AvgIpc) is 2.10. The molecule has 0 unspecified atom stereocenters. The molecule has 0 aliphatic rings. The number of nitrogens with two attached hydrogens (primary N) is 1. The first-order valence-electron chi connectivity index (χ1n) is 4.18. The van der Waals surface area contributed by atoms with Crippen LogP contribution in [0, 0.1) is 0 Å². The molecule has 14 heavy (non-hydrogen) atoms. The Labute approximate surface area is 93.3 Å². The third-order valence-corrected chi connectivity index (χ3v) is 1.85. The van der Waals surface area contributed by atoms with E-state index in [1.807, 2.05) is 6.92 Å². The molecule has 0 aliphatic carbocycles. The minimum absolute atomic E-state index is 0.172. The third kappa shape index (κ3) is 3.13. The molecular formula is C10H11Cl2NO. The Hall–Kier alpha value is -0.860. The lowest BCUT2D eigenvalue weighted by Gasteiger charge is -2.05. The summed E-state index contributed by atoms with van der Waals surface area (Å²) in [6.45, 7) is 2.53. The lowest BCUT2D eigenvalue weighted by molar-refractivity contribution is 0.340. The van der Waals surface area contributed by atoms with Crippen molar-refractivity contribution in [3.05, 3.63) is 28.3 Å². The maximum Gasteiger partial charge on any atom is 0.120 e. The van der Waals surface area contributed by atoms with Gasteiger partial charge in [-0.2, -0.15) is 0 Å². The lowest BCUT2D eigenvalue weighted by Crippen LogP contribution is -1.94. The summed E-state index contributed by atoms with van der Waals surface area (Å²) in [5.74, 6) is 0.752. The molecule has 0 aliphatic heterocycles. The van der Waals surface area contributed by atoms with Crippen LogP contribution in [0.15, 0.2) is 22.7 Å². The number of hydrogen-bond acceptors (Lipinski definition) is 2. The van der Waals surface area contributed by atoms with Crippen LogP contribution in [0.1, 0.15) is 12.5 Å². The molecule has 0 fully saturated rings. The molecule has 4 heteroatoms. The van der Waals surface area contributed by atoms with Crippen LogP contribution in [0.25, 0.3) is 6.08 Å². The van der Waals surface area contributed by atoms with Crippen molar-refractivity contribution in [3.63, 3.8) is 0 Å². The fourth-order valence-electron chi connectivity index (χ4n) is 1.05. The SMILES string of the molecule is CCOc1ccc(N)c(C=C(Cl)Cl)c1. The van der Waals surface area contributed by atoms with Crippen molar-refractivity contribution in [2.45, 2.75) is 6.92 Å². The molecule has 0 aromatic heterocycles. The molecule has 0 radical (unpaired) electrons. The number of halogens is 2. The van der Waals surface area contributed by atoms with Crippen LogP contribution in [-0.2, 0) is 0 Å². The highest BCUT2D eigenvalue weighted by Gasteiger charge is 1.99. The van der Waals surface area contributed by atoms with Gasteiger partial charge in [-0.3, -0.25) is 0 Å². The van der Waals surface area contributed by atoms with Gasteiger partial charge in [-0.25, -0.2) is 0 Å². The van der Waals surface area contributed by atoms with Crippen molar-refractivity contribution in [1.29, 1.82) is 0 Å². The Morgan fingerprint density at radius 3 is 2.79 bits per heavy atom. The van der Waals surface area contributed by atoms with E-state index in [-0.39, 0.29) is 4.49 Å². The summed E-state index contributed by atoms with van der Waals surface area (Å²) in [6.07, 6.45) is 1.58. The number of nitrogen functional groups attached to an aromatic ring is 1. The fraction of sp³-hybridized carbons (Fsp3) is 0.200. The number of benzene rings is 1. The van der Waals surface area contributed by atoms with Crippen LogP contribution in [0.3, 0.4) is 0 Å². The Morgan fingerprint density at radius 2 is 2.21 bits per heavy atom. The van der Waals surface area contributed by atoms with Crippen LogP contribution < -0.4 is 10.5 Å². The van der Waals surface area contributed by atoms with Gasteiger partial charge >= 0.3 is 0 Å². The van der Waals surface area contributed by atoms with E-state index in [9.17, 15) is 0 Å². The van der Waals surface area contributed by atoms with E-state index < -0.39 is 0 Å². The van der Waals surface area contributed by atoms with Gasteiger partial charge < -0.3 is 10.5 Å². The highest BCUT2D eigenvalue weighted by Crippen LogP contribution is 2.24. The molecular weight excluding hydrogens is 221 g/mol. The molecule has 0 heterocycles. The predicted octanol–water partition coefficient (Wildman–Crippen LogP) is 3.44. The number of anilines is 1. The Balaban J connectivity index is 3.02. The normalized spacial score (nSPS) is 9.64. The summed E-state index contributed by atoms with van der Waals surface area (Å²) >= 11 is 11.1. The first kappa shape index (κ1) is 11.2. The monoisotopic (exact) mass is 231 g/mol. The van der Waals surface area contributed by atoms with E-state index in [1.54, 1.807) is 24.3 Å². The Morgan fingerprint density at radius 1 is 1.50 bits per heavy atom. The van der Waals surface area contributed by atoms with Crippen LogP contribution >= 0.6 is 23.2 Å². The van der Waals surface area contributed by atoms with Gasteiger partial charge in [-0.15, -0.1) is 0 Å². The molecule has 0 amide bonds. The average molecular weight is 232 g/mol. The van der Waals surface area contributed by atoms with E-state index in [0.29, 0.717) is 12.3 Å². The van der Waals surface area contributed by atoms with E-state index in [0.717, 1.165) is 11.3 Å². The van der Waals surface area contributed by atoms with Crippen molar-refractivity contribution in [1.82, 2.24) is 0 Å². The fourth-order valence-corrected chi connectivity index (χ4v) is 1.29. The smallest absolute Gasteiger partial charge is 0.120 e. The summed E-state index contributed by atoms with van der Waals surface area (Å²) in [5.41, 5.74) is 7.09. The molecule has 1 aromatic rings. The predicted molar refractivity (Wildman–Crippen MR) is 61.7 cm³/mol. The first-order chi connectivity index (χ1) is 6.63. The van der Waals surface area contributed by atoms with Gasteiger partial charge in [0.25, 0.3) is 0 Å². The largest absolute Gasteiger partial charge is 0.494 e. The van der Waals surface area contributed by atoms with Crippen molar-refractivity contribution < 1.29 is 4.74 Å². The summed E-state index contributed by atoms with van der Waals surface area (Å²) in [5, 5.41) is 0. The number of hydrogen-bond donors (Lipinski definition) is 1. The third-order valence-electron chi connectivity index (χ3n) is 1.63. The minimum atomic E-state index is 0.172. The molecule has 0 spiro atoms. The van der Waals surface area contributed by atoms with Gasteiger partial charge in [0.2, 0.25) is 0 Å². The minimum Gasteiger partial charge on any atom is -0.494 e. The Bertz CT molecular complexity index is 346. The zero-order valence-corrected chi connectivity index (χ0v) is 9.27. The Kier molecular flexibility index (Phi) is 4.11. The maximum atomic E-state index is 5.72. The summed E-state index contributed by atoms with van der Waals surface area (Å²) in [7, 11) is 0. The molecule has 0 saturated heterocycles. The highest BCUT2D eigenvalue weighted by atomic mass is 35.5. The lowest BCUT2D eigenvalue weighted by atomic mass is 10.2. The molecule has 0 saturated carbocycles. The van der Waals surface area contributed by atoms with Crippen LogP contribution in [0.2, 0.25) is 0 Å². The van der Waals surface area contributed by atoms with Crippen molar-refractivity contribution in [3.8, 4) is 5.75 Å². The first-order valence-corrected chi connectivity index (χ1v) is 4.94. The van der Waals surface area contributed by atoms with Gasteiger partial charge in [0.1, 0.15) is 10.2 Å². The quantitative estimate of drug-likeness (QED) is 0.810. The molecule has 2 nitrogen and oxygen atoms in total. The van der Waals surface area contributed by atoms with E-state index in [2.05, 4.69) is 0 Å². The van der Waals surface area contributed by atoms with Crippen molar-refractivity contribution in [2.24, 2.45) is 0 Å². The summed E-state index contributed by atoms with van der Waals surface area (Å²) in [6, 6.07) is 5.36. The summed E-state index contributed by atoms with van der Waals surface area (Å²) in [4.78, 5) is 0. The van der Waals surface area contributed by atoms with Crippen LogP contribution in [-0.4, -0.2) is 6.61 Å². The van der Waals surface area contributed by atoms with Crippen LogP contribution in [0.5, 0.6) is 5.75 Å². The van der Waals surface area contributed by atoms with E-state index in [1.165, 1.54) is 0 Å². The van der Waals surface area contributed by atoms with E-state index in [4.69, 9.17) is 33.7 Å². The second kappa shape index (κ2) is 5.13. The molecule has 1 aromatic carbocycles. The van der Waals surface area contributed by atoms with Crippen molar-refractivity contribution >= 4 is 35.0 Å². The molecule has 2 N–H and O–H groups in total. The molecule has 0 atom stereocenters. The second-order valence-corrected chi connectivity index (χ2v) is 3.67. The van der Waals surface area contributed by atoms with Crippen molar-refractivity contribution in [2.75, 3.05) is 12.3 Å². The van der Waals surface area contributed by atoms with E-state index >= 15 is 0 Å². The zero-order valence-electron chi connectivity index (χ0n) is 7.76. The summed E-state index contributed by atoms with van der Waals surface area (Å²) < 4.78 is 5.48. The number of ether oxygens (including phenoxy) is 1. The molecule has 0 bridgehead atoms. The second-order valence-electron chi connectivity index (χ2n) is 2.66. The van der Waals surface area contributed by atoms with Gasteiger partial charge in [0.05, 0.1) is 6.61 Å². The zero-order chi connectivity index (χ0) is 10.6.